The van der Waals surface area contributed by atoms with Gasteiger partial charge in [-0.2, -0.15) is 5.10 Å². The highest BCUT2D eigenvalue weighted by atomic mass is 79.9. The number of halogens is 2. The van der Waals surface area contributed by atoms with Crippen LogP contribution in [0.2, 0.25) is 0 Å². The summed E-state index contributed by atoms with van der Waals surface area (Å²) in [6.07, 6.45) is 3.98. The molecule has 0 radical (unpaired) electrons. The highest BCUT2D eigenvalue weighted by Crippen LogP contribution is 2.33. The molecular weight excluding hydrogens is 358 g/mol. The van der Waals surface area contributed by atoms with E-state index in [0.29, 0.717) is 0 Å². The lowest BCUT2D eigenvalue weighted by atomic mass is 10.2. The number of aryl methyl sites for hydroxylation is 1. The van der Waals surface area contributed by atoms with E-state index in [1.807, 2.05) is 29.1 Å². The van der Waals surface area contributed by atoms with Crippen molar-refractivity contribution in [1.29, 1.82) is 0 Å². The van der Waals surface area contributed by atoms with Gasteiger partial charge in [-0.3, -0.25) is 4.68 Å². The van der Waals surface area contributed by atoms with E-state index < -0.39 is 0 Å². The third-order valence-corrected chi connectivity index (χ3v) is 4.12. The fourth-order valence-corrected chi connectivity index (χ4v) is 2.94. The van der Waals surface area contributed by atoms with Crippen LogP contribution in [0.1, 0.15) is 25.5 Å². The van der Waals surface area contributed by atoms with Gasteiger partial charge in [-0.25, -0.2) is 0 Å². The van der Waals surface area contributed by atoms with E-state index >= 15 is 0 Å². The summed E-state index contributed by atoms with van der Waals surface area (Å²) in [6.45, 7) is 5.10. The summed E-state index contributed by atoms with van der Waals surface area (Å²) in [7, 11) is 0. The van der Waals surface area contributed by atoms with Crippen LogP contribution in [0, 0.1) is 0 Å². The molecular formula is C13H15Br2N3. The van der Waals surface area contributed by atoms with E-state index in [2.05, 4.69) is 62.3 Å². The molecule has 1 N–H and O–H groups in total. The van der Waals surface area contributed by atoms with Gasteiger partial charge in [0.25, 0.3) is 0 Å². The smallest absolute Gasteiger partial charge is 0.0633 e. The lowest BCUT2D eigenvalue weighted by molar-refractivity contribution is 0.658. The van der Waals surface area contributed by atoms with E-state index in [0.717, 1.165) is 21.2 Å². The molecule has 1 aromatic heterocycles. The van der Waals surface area contributed by atoms with E-state index in [1.165, 1.54) is 5.56 Å². The summed E-state index contributed by atoms with van der Waals surface area (Å²) >= 11 is 7.11. The molecule has 0 bridgehead atoms. The molecule has 1 unspecified atom stereocenters. The fourth-order valence-electron chi connectivity index (χ4n) is 1.71. The summed E-state index contributed by atoms with van der Waals surface area (Å²) in [5.41, 5.74) is 2.24. The molecule has 1 atom stereocenters. The van der Waals surface area contributed by atoms with Crippen molar-refractivity contribution in [2.45, 2.75) is 26.4 Å². The molecule has 2 aromatic rings. The van der Waals surface area contributed by atoms with Crippen molar-refractivity contribution in [3.05, 3.63) is 45.1 Å². The van der Waals surface area contributed by atoms with E-state index in [4.69, 9.17) is 0 Å². The quantitative estimate of drug-likeness (QED) is 0.849. The average Bonchev–Trinajstić information content (AvgIpc) is 2.82. The first-order chi connectivity index (χ1) is 8.61. The van der Waals surface area contributed by atoms with E-state index in [-0.39, 0.29) is 6.04 Å². The molecule has 0 fully saturated rings. The summed E-state index contributed by atoms with van der Waals surface area (Å²) in [4.78, 5) is 0. The number of nitrogens with zero attached hydrogens (tertiary/aromatic N) is 2. The van der Waals surface area contributed by atoms with Gasteiger partial charge in [0, 0.05) is 27.3 Å². The van der Waals surface area contributed by atoms with Gasteiger partial charge in [-0.15, -0.1) is 0 Å². The molecule has 5 heteroatoms. The zero-order valence-electron chi connectivity index (χ0n) is 10.3. The number of rotatable bonds is 4. The van der Waals surface area contributed by atoms with Gasteiger partial charge in [0.15, 0.2) is 0 Å². The van der Waals surface area contributed by atoms with E-state index in [9.17, 15) is 0 Å². The molecule has 0 spiro atoms. The minimum atomic E-state index is 0.209. The van der Waals surface area contributed by atoms with Crippen LogP contribution in [0.5, 0.6) is 0 Å². The SMILES string of the molecule is CCn1cc(C(C)Nc2c(Br)cccc2Br)cn1. The van der Waals surface area contributed by atoms with Gasteiger partial charge in [0.05, 0.1) is 17.9 Å². The summed E-state index contributed by atoms with van der Waals surface area (Å²) < 4.78 is 4.03. The van der Waals surface area contributed by atoms with Gasteiger partial charge in [0.1, 0.15) is 0 Å². The zero-order valence-corrected chi connectivity index (χ0v) is 13.5. The van der Waals surface area contributed by atoms with Gasteiger partial charge >= 0.3 is 0 Å². The van der Waals surface area contributed by atoms with Gasteiger partial charge < -0.3 is 5.32 Å². The Morgan fingerprint density at radius 2 is 2.00 bits per heavy atom. The van der Waals surface area contributed by atoms with Crippen molar-refractivity contribution in [2.75, 3.05) is 5.32 Å². The summed E-state index contributed by atoms with van der Waals surface area (Å²) in [6, 6.07) is 6.25. The lowest BCUT2D eigenvalue weighted by Crippen LogP contribution is -2.07. The van der Waals surface area contributed by atoms with Crippen molar-refractivity contribution in [2.24, 2.45) is 0 Å². The largest absolute Gasteiger partial charge is 0.377 e. The van der Waals surface area contributed by atoms with E-state index in [1.54, 1.807) is 0 Å². The molecule has 18 heavy (non-hydrogen) atoms. The fraction of sp³-hybridized carbons (Fsp3) is 0.308. The molecule has 0 aliphatic carbocycles. The van der Waals surface area contributed by atoms with Crippen LogP contribution >= 0.6 is 31.9 Å². The van der Waals surface area contributed by atoms with Crippen LogP contribution in [0.25, 0.3) is 0 Å². The van der Waals surface area contributed by atoms with Crippen molar-refractivity contribution < 1.29 is 0 Å². The first-order valence-corrected chi connectivity index (χ1v) is 7.43. The average molecular weight is 373 g/mol. The predicted octanol–water partition coefficient (Wildman–Crippen LogP) is 4.60. The monoisotopic (exact) mass is 371 g/mol. The van der Waals surface area contributed by atoms with Gasteiger partial charge in [-0.05, 0) is 57.8 Å². The Morgan fingerprint density at radius 3 is 2.56 bits per heavy atom. The summed E-state index contributed by atoms with van der Waals surface area (Å²) in [5, 5.41) is 7.78. The highest BCUT2D eigenvalue weighted by Gasteiger charge is 2.11. The van der Waals surface area contributed by atoms with Crippen LogP contribution in [0.15, 0.2) is 39.5 Å². The molecule has 2 rings (SSSR count). The molecule has 0 saturated carbocycles. The molecule has 1 aromatic carbocycles. The molecule has 0 saturated heterocycles. The van der Waals surface area contributed by atoms with Crippen LogP contribution < -0.4 is 5.32 Å². The normalized spacial score (nSPS) is 12.4. The van der Waals surface area contributed by atoms with Crippen molar-refractivity contribution in [3.8, 4) is 0 Å². The minimum Gasteiger partial charge on any atom is -0.377 e. The number of hydrogen-bond acceptors (Lipinski definition) is 2. The second kappa shape index (κ2) is 5.89. The second-order valence-electron chi connectivity index (χ2n) is 4.09. The first-order valence-electron chi connectivity index (χ1n) is 5.84. The topological polar surface area (TPSA) is 29.9 Å². The zero-order chi connectivity index (χ0) is 13.1. The Hall–Kier alpha value is -0.810. The third-order valence-electron chi connectivity index (χ3n) is 2.80. The molecule has 1 heterocycles. The maximum Gasteiger partial charge on any atom is 0.0633 e. The Labute approximate surface area is 124 Å². The third kappa shape index (κ3) is 2.95. The summed E-state index contributed by atoms with van der Waals surface area (Å²) in [5.74, 6) is 0. The highest BCUT2D eigenvalue weighted by molar-refractivity contribution is 9.11. The van der Waals surface area contributed by atoms with Crippen molar-refractivity contribution >= 4 is 37.5 Å². The Balaban J connectivity index is 2.18. The number of para-hydroxylation sites is 1. The predicted molar refractivity (Wildman–Crippen MR) is 81.8 cm³/mol. The Bertz CT molecular complexity index is 517. The van der Waals surface area contributed by atoms with Crippen LogP contribution in [-0.2, 0) is 6.54 Å². The van der Waals surface area contributed by atoms with Crippen LogP contribution in [-0.4, -0.2) is 9.78 Å². The molecule has 96 valence electrons. The molecule has 0 aliphatic rings. The van der Waals surface area contributed by atoms with Crippen LogP contribution in [0.4, 0.5) is 5.69 Å². The molecule has 0 amide bonds. The Kier molecular flexibility index (Phi) is 4.45. The Morgan fingerprint density at radius 1 is 1.33 bits per heavy atom. The standard InChI is InChI=1S/C13H15Br2N3/c1-3-18-8-10(7-16-18)9(2)17-13-11(14)5-4-6-12(13)15/h4-9,17H,3H2,1-2H3. The number of anilines is 1. The van der Waals surface area contributed by atoms with Gasteiger partial charge in [-0.1, -0.05) is 6.07 Å². The molecule has 0 aliphatic heterocycles. The maximum absolute atomic E-state index is 4.30. The van der Waals surface area contributed by atoms with Crippen LogP contribution in [0.3, 0.4) is 0 Å². The maximum atomic E-state index is 4.30. The lowest BCUT2D eigenvalue weighted by Gasteiger charge is -2.16. The van der Waals surface area contributed by atoms with Crippen molar-refractivity contribution in [1.82, 2.24) is 9.78 Å². The minimum absolute atomic E-state index is 0.209. The molecule has 3 nitrogen and oxygen atoms in total. The van der Waals surface area contributed by atoms with Crippen molar-refractivity contribution in [3.63, 3.8) is 0 Å². The second-order valence-corrected chi connectivity index (χ2v) is 5.80. The van der Waals surface area contributed by atoms with Gasteiger partial charge in [0.2, 0.25) is 0 Å². The number of hydrogen-bond donors (Lipinski definition) is 1. The first kappa shape index (κ1) is 13.6. The number of aromatic nitrogens is 2. The number of nitrogens with one attached hydrogen (secondary N) is 1. The number of benzene rings is 1.